The zero-order chi connectivity index (χ0) is 10.3. The van der Waals surface area contributed by atoms with Gasteiger partial charge >= 0.3 is 5.65 Å². The molecule has 76 valence electrons. The molecular formula is C13H15N2+. The van der Waals surface area contributed by atoms with Gasteiger partial charge < -0.3 is 0 Å². The molecule has 2 aromatic heterocycles. The van der Waals surface area contributed by atoms with Gasteiger partial charge in [-0.3, -0.25) is 0 Å². The van der Waals surface area contributed by atoms with Gasteiger partial charge in [-0.25, -0.2) is 4.40 Å². The lowest BCUT2D eigenvalue weighted by molar-refractivity contribution is -0.525. The third-order valence-corrected chi connectivity index (χ3v) is 3.29. The van der Waals surface area contributed by atoms with Crippen LogP contribution in [0.1, 0.15) is 24.6 Å². The van der Waals surface area contributed by atoms with E-state index < -0.39 is 0 Å². The summed E-state index contributed by atoms with van der Waals surface area (Å²) in [5.74, 6) is 0.807. The van der Waals surface area contributed by atoms with Gasteiger partial charge in [-0.05, 0) is 29.8 Å². The monoisotopic (exact) mass is 199 g/mol. The van der Waals surface area contributed by atoms with Crippen LogP contribution in [0.4, 0.5) is 0 Å². The first-order valence-electron chi connectivity index (χ1n) is 5.62. The van der Waals surface area contributed by atoms with E-state index in [1.54, 1.807) is 0 Å². The van der Waals surface area contributed by atoms with E-state index in [0.29, 0.717) is 0 Å². The Morgan fingerprint density at radius 2 is 2.33 bits per heavy atom. The Morgan fingerprint density at radius 1 is 1.40 bits per heavy atom. The molecule has 2 nitrogen and oxygen atoms in total. The Kier molecular flexibility index (Phi) is 1.94. The Balaban J connectivity index is 2.25. The number of aryl methyl sites for hydroxylation is 1. The average molecular weight is 199 g/mol. The molecule has 0 unspecified atom stereocenters. The summed E-state index contributed by atoms with van der Waals surface area (Å²) in [5, 5.41) is 0. The quantitative estimate of drug-likeness (QED) is 0.593. The maximum atomic E-state index is 4.49. The molecule has 1 atom stereocenters. The summed E-state index contributed by atoms with van der Waals surface area (Å²) in [5.41, 5.74) is 3.95. The first-order valence-corrected chi connectivity index (χ1v) is 5.62. The SMILES string of the molecule is C[C@H]1CCc2c(cnc3cccc[n+]23)C1. The third kappa shape index (κ3) is 1.41. The number of aromatic nitrogens is 2. The van der Waals surface area contributed by atoms with Crippen LogP contribution in [-0.4, -0.2) is 4.98 Å². The molecule has 0 aliphatic heterocycles. The van der Waals surface area contributed by atoms with Crippen molar-refractivity contribution in [1.82, 2.24) is 4.98 Å². The molecule has 0 saturated heterocycles. The summed E-state index contributed by atoms with van der Waals surface area (Å²) in [6.07, 6.45) is 7.84. The summed E-state index contributed by atoms with van der Waals surface area (Å²) in [6.45, 7) is 2.32. The van der Waals surface area contributed by atoms with Gasteiger partial charge in [-0.2, -0.15) is 0 Å². The Morgan fingerprint density at radius 3 is 3.27 bits per heavy atom. The Hall–Kier alpha value is -1.44. The molecular weight excluding hydrogens is 184 g/mol. The van der Waals surface area contributed by atoms with Crippen molar-refractivity contribution in [2.24, 2.45) is 5.92 Å². The maximum absolute atomic E-state index is 4.49. The van der Waals surface area contributed by atoms with Gasteiger partial charge in [0.25, 0.3) is 0 Å². The lowest BCUT2D eigenvalue weighted by Gasteiger charge is -2.18. The molecule has 1 aliphatic carbocycles. The second kappa shape index (κ2) is 3.30. The van der Waals surface area contributed by atoms with Crippen LogP contribution in [0.15, 0.2) is 30.6 Å². The van der Waals surface area contributed by atoms with Crippen molar-refractivity contribution in [2.45, 2.75) is 26.2 Å². The highest BCUT2D eigenvalue weighted by Gasteiger charge is 2.22. The second-order valence-electron chi connectivity index (χ2n) is 4.51. The molecule has 15 heavy (non-hydrogen) atoms. The van der Waals surface area contributed by atoms with Crippen molar-refractivity contribution in [3.8, 4) is 0 Å². The number of pyridine rings is 1. The van der Waals surface area contributed by atoms with Crippen molar-refractivity contribution in [2.75, 3.05) is 0 Å². The molecule has 0 saturated carbocycles. The number of rotatable bonds is 0. The van der Waals surface area contributed by atoms with Crippen LogP contribution in [0.2, 0.25) is 0 Å². The zero-order valence-electron chi connectivity index (χ0n) is 8.98. The Labute approximate surface area is 89.6 Å². The van der Waals surface area contributed by atoms with Crippen LogP contribution >= 0.6 is 0 Å². The van der Waals surface area contributed by atoms with Crippen LogP contribution in [-0.2, 0) is 12.8 Å². The lowest BCUT2D eigenvalue weighted by atomic mass is 9.88. The van der Waals surface area contributed by atoms with Crippen LogP contribution in [0.25, 0.3) is 5.65 Å². The lowest BCUT2D eigenvalue weighted by Crippen LogP contribution is -2.33. The van der Waals surface area contributed by atoms with E-state index in [2.05, 4.69) is 40.8 Å². The molecule has 2 heteroatoms. The summed E-state index contributed by atoms with van der Waals surface area (Å²) in [4.78, 5) is 4.49. The van der Waals surface area contributed by atoms with E-state index in [-0.39, 0.29) is 0 Å². The van der Waals surface area contributed by atoms with Crippen molar-refractivity contribution in [3.63, 3.8) is 0 Å². The van der Waals surface area contributed by atoms with Crippen LogP contribution in [0.5, 0.6) is 0 Å². The number of fused-ring (bicyclic) bond motifs is 3. The minimum Gasteiger partial charge on any atom is -0.200 e. The summed E-state index contributed by atoms with van der Waals surface area (Å²) in [7, 11) is 0. The first-order chi connectivity index (χ1) is 7.34. The molecule has 2 aromatic rings. The highest BCUT2D eigenvalue weighted by Crippen LogP contribution is 2.22. The molecule has 0 spiro atoms. The fourth-order valence-corrected chi connectivity index (χ4v) is 2.45. The highest BCUT2D eigenvalue weighted by molar-refractivity contribution is 5.31. The zero-order valence-corrected chi connectivity index (χ0v) is 8.98. The summed E-state index contributed by atoms with van der Waals surface area (Å²) in [6, 6.07) is 6.19. The van der Waals surface area contributed by atoms with E-state index in [0.717, 1.165) is 11.6 Å². The standard InChI is InChI=1S/C13H15N2/c1-10-5-6-12-11(8-10)9-14-13-4-2-3-7-15(12)13/h2-4,7,9-10H,5-6,8H2,1H3/q+1/t10-/m0/s1. The summed E-state index contributed by atoms with van der Waals surface area (Å²) < 4.78 is 2.24. The predicted octanol–water partition coefficient (Wildman–Crippen LogP) is 1.95. The molecule has 2 heterocycles. The number of nitrogens with zero attached hydrogens (tertiary/aromatic N) is 2. The van der Waals surface area contributed by atoms with Crippen molar-refractivity contribution >= 4 is 5.65 Å². The van der Waals surface area contributed by atoms with Crippen LogP contribution < -0.4 is 4.40 Å². The maximum Gasteiger partial charge on any atom is 0.327 e. The van der Waals surface area contributed by atoms with Crippen molar-refractivity contribution < 1.29 is 4.40 Å². The smallest absolute Gasteiger partial charge is 0.200 e. The number of hydrogen-bond donors (Lipinski definition) is 0. The van der Waals surface area contributed by atoms with Crippen LogP contribution in [0.3, 0.4) is 0 Å². The van der Waals surface area contributed by atoms with Crippen molar-refractivity contribution in [3.05, 3.63) is 41.9 Å². The van der Waals surface area contributed by atoms with Crippen molar-refractivity contribution in [1.29, 1.82) is 0 Å². The topological polar surface area (TPSA) is 17.0 Å². The minimum atomic E-state index is 0.807. The van der Waals surface area contributed by atoms with E-state index >= 15 is 0 Å². The molecule has 0 bridgehead atoms. The van der Waals surface area contributed by atoms with Gasteiger partial charge in [-0.1, -0.05) is 13.0 Å². The van der Waals surface area contributed by atoms with Gasteiger partial charge in [0, 0.05) is 18.1 Å². The van der Waals surface area contributed by atoms with E-state index in [9.17, 15) is 0 Å². The normalized spacial score (nSPS) is 20.2. The largest absolute Gasteiger partial charge is 0.327 e. The van der Waals surface area contributed by atoms with E-state index in [1.165, 1.54) is 30.5 Å². The molecule has 3 rings (SSSR count). The van der Waals surface area contributed by atoms with Gasteiger partial charge in [-0.15, -0.1) is 0 Å². The fraction of sp³-hybridized carbons (Fsp3) is 0.385. The second-order valence-corrected chi connectivity index (χ2v) is 4.51. The molecule has 0 aromatic carbocycles. The third-order valence-electron chi connectivity index (χ3n) is 3.29. The highest BCUT2D eigenvalue weighted by atomic mass is 15.0. The minimum absolute atomic E-state index is 0.807. The number of hydrogen-bond acceptors (Lipinski definition) is 1. The molecule has 0 N–H and O–H groups in total. The molecule has 1 aliphatic rings. The van der Waals surface area contributed by atoms with Gasteiger partial charge in [0.1, 0.15) is 11.9 Å². The van der Waals surface area contributed by atoms with E-state index in [4.69, 9.17) is 0 Å². The fourth-order valence-electron chi connectivity index (χ4n) is 2.45. The predicted molar refractivity (Wildman–Crippen MR) is 58.6 cm³/mol. The molecule has 0 fully saturated rings. The average Bonchev–Trinajstić information content (AvgIpc) is 2.28. The molecule has 0 radical (unpaired) electrons. The summed E-state index contributed by atoms with van der Waals surface area (Å²) >= 11 is 0. The molecule has 0 amide bonds. The first kappa shape index (κ1) is 8.84. The Bertz CT molecular complexity index is 505. The van der Waals surface area contributed by atoms with Gasteiger partial charge in [0.2, 0.25) is 0 Å². The van der Waals surface area contributed by atoms with Gasteiger partial charge in [0.15, 0.2) is 0 Å². The van der Waals surface area contributed by atoms with E-state index in [1.807, 2.05) is 6.07 Å². The van der Waals surface area contributed by atoms with Crippen LogP contribution in [0, 0.1) is 5.92 Å². The van der Waals surface area contributed by atoms with Gasteiger partial charge in [0.05, 0.1) is 6.20 Å².